The SMILES string of the molecule is CC(C)(C)Cc1cc(CC(C)(C)C)cc(SOO[O-])c1. The Hall–Kier alpha value is -0.550. The van der Waals surface area contributed by atoms with Crippen LogP contribution in [0.25, 0.3) is 0 Å². The van der Waals surface area contributed by atoms with Gasteiger partial charge in [-0.15, -0.1) is 0 Å². The minimum atomic E-state index is 0.220. The third-order valence-electron chi connectivity index (χ3n) is 2.65. The van der Waals surface area contributed by atoms with E-state index in [1.165, 1.54) is 11.1 Å². The molecule has 0 radical (unpaired) electrons. The van der Waals surface area contributed by atoms with E-state index in [-0.39, 0.29) is 10.8 Å². The molecule has 0 spiro atoms. The third-order valence-corrected chi connectivity index (χ3v) is 3.20. The molecule has 0 saturated heterocycles. The Morgan fingerprint density at radius 1 is 0.900 bits per heavy atom. The summed E-state index contributed by atoms with van der Waals surface area (Å²) in [6.45, 7) is 13.3. The van der Waals surface area contributed by atoms with Gasteiger partial charge < -0.3 is 5.26 Å². The van der Waals surface area contributed by atoms with E-state index in [1.54, 1.807) is 0 Å². The maximum atomic E-state index is 9.99. The predicted octanol–water partition coefficient (Wildman–Crippen LogP) is 4.09. The van der Waals surface area contributed by atoms with Gasteiger partial charge >= 0.3 is 0 Å². The van der Waals surface area contributed by atoms with E-state index in [2.05, 4.69) is 69.1 Å². The van der Waals surface area contributed by atoms with Crippen molar-refractivity contribution in [3.8, 4) is 0 Å². The first-order chi connectivity index (χ1) is 9.09. The van der Waals surface area contributed by atoms with Gasteiger partial charge in [-0.25, -0.2) is 0 Å². The highest BCUT2D eigenvalue weighted by Gasteiger charge is 2.16. The van der Waals surface area contributed by atoms with Gasteiger partial charge in [0.05, 0.1) is 12.0 Å². The number of hydrogen-bond acceptors (Lipinski definition) is 4. The number of benzene rings is 1. The highest BCUT2D eigenvalue weighted by atomic mass is 32.2. The summed E-state index contributed by atoms with van der Waals surface area (Å²) in [6.07, 6.45) is 1.97. The van der Waals surface area contributed by atoms with E-state index in [0.29, 0.717) is 0 Å². The highest BCUT2D eigenvalue weighted by Crippen LogP contribution is 2.29. The zero-order valence-electron chi connectivity index (χ0n) is 13.3. The van der Waals surface area contributed by atoms with Crippen molar-refractivity contribution in [2.24, 2.45) is 10.8 Å². The van der Waals surface area contributed by atoms with Crippen molar-refractivity contribution < 1.29 is 14.6 Å². The molecule has 1 aromatic carbocycles. The number of rotatable bonds is 5. The summed E-state index contributed by atoms with van der Waals surface area (Å²) in [5.74, 6) is 0. The van der Waals surface area contributed by atoms with Crippen molar-refractivity contribution in [1.82, 2.24) is 0 Å². The van der Waals surface area contributed by atoms with Crippen LogP contribution in [0.1, 0.15) is 52.7 Å². The van der Waals surface area contributed by atoms with Gasteiger partial charge in [0.2, 0.25) is 0 Å². The fourth-order valence-corrected chi connectivity index (χ4v) is 2.76. The Bertz CT molecular complexity index is 396. The van der Waals surface area contributed by atoms with E-state index in [9.17, 15) is 5.26 Å². The maximum absolute atomic E-state index is 9.99. The van der Waals surface area contributed by atoms with Crippen molar-refractivity contribution in [3.05, 3.63) is 29.3 Å². The van der Waals surface area contributed by atoms with Crippen molar-refractivity contribution in [3.63, 3.8) is 0 Å². The Balaban J connectivity index is 3.01. The summed E-state index contributed by atoms with van der Waals surface area (Å²) in [6, 6.07) is 6.36. The lowest BCUT2D eigenvalue weighted by atomic mass is 9.84. The van der Waals surface area contributed by atoms with Gasteiger partial charge in [-0.05, 0) is 46.9 Å². The first-order valence-corrected chi connectivity index (χ1v) is 7.59. The molecule has 0 aliphatic heterocycles. The topological polar surface area (TPSA) is 41.5 Å². The Morgan fingerprint density at radius 3 is 1.70 bits per heavy atom. The average molecular weight is 297 g/mol. The van der Waals surface area contributed by atoms with Gasteiger partial charge in [-0.2, -0.15) is 4.33 Å². The molecule has 0 N–H and O–H groups in total. The van der Waals surface area contributed by atoms with Crippen LogP contribution in [0.3, 0.4) is 0 Å². The molecule has 0 saturated carbocycles. The van der Waals surface area contributed by atoms with E-state index in [1.807, 2.05) is 0 Å². The maximum Gasteiger partial charge on any atom is 0.0674 e. The molecule has 3 nitrogen and oxygen atoms in total. The Kier molecular flexibility index (Phi) is 6.07. The molecule has 0 amide bonds. The second-order valence-corrected chi connectivity index (χ2v) is 8.45. The zero-order valence-corrected chi connectivity index (χ0v) is 14.1. The second-order valence-electron chi connectivity index (χ2n) is 7.68. The minimum Gasteiger partial charge on any atom is -0.691 e. The van der Waals surface area contributed by atoms with Crippen LogP contribution in [-0.4, -0.2) is 0 Å². The monoisotopic (exact) mass is 297 g/mol. The first kappa shape index (κ1) is 17.5. The summed E-state index contributed by atoms with van der Waals surface area (Å²) in [7, 11) is 0. The van der Waals surface area contributed by atoms with Crippen LogP contribution in [0, 0.1) is 10.8 Å². The average Bonchev–Trinajstić information content (AvgIpc) is 2.21. The van der Waals surface area contributed by atoms with Crippen LogP contribution in [-0.2, 0) is 22.2 Å². The normalized spacial score (nSPS) is 12.8. The quantitative estimate of drug-likeness (QED) is 0.466. The molecule has 20 heavy (non-hydrogen) atoms. The third kappa shape index (κ3) is 7.29. The Labute approximate surface area is 126 Å². The molecule has 0 unspecified atom stereocenters. The van der Waals surface area contributed by atoms with Crippen molar-refractivity contribution in [1.29, 1.82) is 0 Å². The van der Waals surface area contributed by atoms with Gasteiger partial charge in [-0.1, -0.05) is 47.6 Å². The lowest BCUT2D eigenvalue weighted by molar-refractivity contribution is -0.777. The smallest absolute Gasteiger partial charge is 0.0674 e. The molecule has 0 heterocycles. The lowest BCUT2D eigenvalue weighted by Crippen LogP contribution is -2.12. The van der Waals surface area contributed by atoms with Crippen molar-refractivity contribution in [2.45, 2.75) is 59.3 Å². The summed E-state index contributed by atoms with van der Waals surface area (Å²) in [5.41, 5.74) is 2.96. The van der Waals surface area contributed by atoms with Crippen molar-refractivity contribution >= 4 is 12.0 Å². The van der Waals surface area contributed by atoms with Gasteiger partial charge in [0, 0.05) is 4.90 Å². The summed E-state index contributed by atoms with van der Waals surface area (Å²) < 4.78 is 4.45. The van der Waals surface area contributed by atoms with E-state index >= 15 is 0 Å². The summed E-state index contributed by atoms with van der Waals surface area (Å²) >= 11 is 0.966. The highest BCUT2D eigenvalue weighted by molar-refractivity contribution is 7.94. The summed E-state index contributed by atoms with van der Waals surface area (Å²) in [5, 5.41) is 13.4. The van der Waals surface area contributed by atoms with Crippen molar-refractivity contribution in [2.75, 3.05) is 0 Å². The van der Waals surface area contributed by atoms with E-state index < -0.39 is 0 Å². The van der Waals surface area contributed by atoms with Crippen LogP contribution in [0.15, 0.2) is 23.1 Å². The Morgan fingerprint density at radius 2 is 1.35 bits per heavy atom. The molecule has 0 fully saturated rings. The molecular weight excluding hydrogens is 272 g/mol. The van der Waals surface area contributed by atoms with Crippen LogP contribution in [0.2, 0.25) is 0 Å². The van der Waals surface area contributed by atoms with E-state index in [0.717, 1.165) is 29.8 Å². The van der Waals surface area contributed by atoms with Gasteiger partial charge in [0.25, 0.3) is 0 Å². The molecule has 1 aromatic rings. The fraction of sp³-hybridized carbons (Fsp3) is 0.625. The van der Waals surface area contributed by atoms with Gasteiger partial charge in [0.1, 0.15) is 0 Å². The summed E-state index contributed by atoms with van der Waals surface area (Å²) in [4.78, 5) is 0.904. The van der Waals surface area contributed by atoms with Crippen LogP contribution < -0.4 is 5.26 Å². The molecule has 0 aliphatic rings. The molecule has 1 rings (SSSR count). The van der Waals surface area contributed by atoms with Gasteiger partial charge in [-0.3, -0.25) is 5.04 Å². The minimum absolute atomic E-state index is 0.220. The molecule has 0 bridgehead atoms. The molecule has 0 atom stereocenters. The molecular formula is C16H25O3S-. The molecule has 4 heteroatoms. The largest absolute Gasteiger partial charge is 0.691 e. The lowest BCUT2D eigenvalue weighted by Gasteiger charge is -2.22. The standard InChI is InChI=1S/C16H26O3S/c1-15(2,3)10-12-7-13(11-16(4,5)6)9-14(8-12)20-19-18-17/h7-9,17H,10-11H2,1-6H3/p-1. The van der Waals surface area contributed by atoms with Crippen LogP contribution >= 0.6 is 12.0 Å². The van der Waals surface area contributed by atoms with Crippen LogP contribution in [0.5, 0.6) is 0 Å². The second kappa shape index (κ2) is 6.94. The zero-order chi connectivity index (χ0) is 15.4. The molecule has 0 aromatic heterocycles. The first-order valence-electron chi connectivity index (χ1n) is 6.85. The fourth-order valence-electron chi connectivity index (χ4n) is 2.26. The van der Waals surface area contributed by atoms with Crippen LogP contribution in [0.4, 0.5) is 0 Å². The van der Waals surface area contributed by atoms with E-state index in [4.69, 9.17) is 0 Å². The molecule has 0 aliphatic carbocycles. The predicted molar refractivity (Wildman–Crippen MR) is 80.8 cm³/mol. The number of hydrogen-bond donors (Lipinski definition) is 0. The van der Waals surface area contributed by atoms with Gasteiger partial charge in [0.15, 0.2) is 0 Å². The molecule has 114 valence electrons.